The first-order valence-corrected chi connectivity index (χ1v) is 10.9. The van der Waals surface area contributed by atoms with Gasteiger partial charge in [0, 0.05) is 23.2 Å². The van der Waals surface area contributed by atoms with E-state index < -0.39 is 6.10 Å². The number of nitrogens with zero attached hydrogens (tertiary/aromatic N) is 1. The van der Waals surface area contributed by atoms with Crippen LogP contribution in [-0.2, 0) is 19.1 Å². The summed E-state index contributed by atoms with van der Waals surface area (Å²) in [7, 11) is 0. The summed E-state index contributed by atoms with van der Waals surface area (Å²) in [5, 5.41) is 7.81. The molecule has 1 aromatic heterocycles. The maximum absolute atomic E-state index is 12.5. The van der Waals surface area contributed by atoms with E-state index >= 15 is 0 Å². The minimum atomic E-state index is -0.588. The predicted molar refractivity (Wildman–Crippen MR) is 122 cm³/mol. The van der Waals surface area contributed by atoms with Gasteiger partial charge in [0.2, 0.25) is 5.91 Å². The van der Waals surface area contributed by atoms with Crippen LogP contribution in [-0.4, -0.2) is 42.7 Å². The largest absolute Gasteiger partial charge is 0.376 e. The van der Waals surface area contributed by atoms with Gasteiger partial charge in [-0.2, -0.15) is 0 Å². The molecule has 2 N–H and O–H groups in total. The molecule has 2 heterocycles. The van der Waals surface area contributed by atoms with Gasteiger partial charge in [-0.15, -0.1) is 0 Å². The standard InChI is InChI=1S/C25H25N3O4/c1-15-2-7-20(27-25(30)22-14-31-8-9-32-22)12-21(15)18-6-5-17-11-23(26-13-19(17)10-18)28-24(29)16-3-4-16/h2,5-7,10-13,16,22H,3-4,8-9,14H2,1H3,(H,27,30)(H,26,28,29)/t22-/m0/s1. The van der Waals surface area contributed by atoms with E-state index in [0.29, 0.717) is 24.7 Å². The van der Waals surface area contributed by atoms with E-state index in [1.54, 1.807) is 6.20 Å². The van der Waals surface area contributed by atoms with Crippen LogP contribution in [0.5, 0.6) is 0 Å². The summed E-state index contributed by atoms with van der Waals surface area (Å²) in [6.07, 6.45) is 3.12. The number of carbonyl (C=O) groups excluding carboxylic acids is 2. The first-order chi connectivity index (χ1) is 15.6. The molecule has 0 spiro atoms. The van der Waals surface area contributed by atoms with Crippen molar-refractivity contribution in [2.75, 3.05) is 30.5 Å². The summed E-state index contributed by atoms with van der Waals surface area (Å²) in [4.78, 5) is 28.9. The number of benzene rings is 2. The average Bonchev–Trinajstić information content (AvgIpc) is 3.66. The van der Waals surface area contributed by atoms with Gasteiger partial charge in [0.15, 0.2) is 6.10 Å². The quantitative estimate of drug-likeness (QED) is 0.639. The molecular formula is C25H25N3O4. The molecule has 0 bridgehead atoms. The number of anilines is 2. The SMILES string of the molecule is Cc1ccc(NC(=O)[C@@H]2COCCO2)cc1-c1ccc2cc(NC(=O)C3CC3)ncc2c1. The lowest BCUT2D eigenvalue weighted by molar-refractivity contribution is -0.142. The van der Waals surface area contributed by atoms with E-state index in [1.165, 1.54) is 0 Å². The van der Waals surface area contributed by atoms with E-state index in [-0.39, 0.29) is 24.3 Å². The zero-order valence-electron chi connectivity index (χ0n) is 17.9. The van der Waals surface area contributed by atoms with E-state index in [2.05, 4.69) is 21.7 Å². The molecule has 1 aliphatic carbocycles. The molecule has 164 valence electrons. The van der Waals surface area contributed by atoms with E-state index in [9.17, 15) is 9.59 Å². The van der Waals surface area contributed by atoms with Crippen LogP contribution < -0.4 is 10.6 Å². The number of nitrogens with one attached hydrogen (secondary N) is 2. The minimum absolute atomic E-state index is 0.0492. The lowest BCUT2D eigenvalue weighted by Gasteiger charge is -2.22. The molecule has 1 saturated heterocycles. The number of aryl methyl sites for hydroxylation is 1. The fraction of sp³-hybridized carbons (Fsp3) is 0.320. The number of hydrogen-bond acceptors (Lipinski definition) is 5. The Bertz CT molecular complexity index is 1180. The summed E-state index contributed by atoms with van der Waals surface area (Å²) in [5.41, 5.74) is 3.86. The number of ether oxygens (including phenoxy) is 2. The van der Waals surface area contributed by atoms with Crippen molar-refractivity contribution < 1.29 is 19.1 Å². The van der Waals surface area contributed by atoms with Crippen LogP contribution in [0.15, 0.2) is 48.7 Å². The van der Waals surface area contributed by atoms with Crippen molar-refractivity contribution in [2.45, 2.75) is 25.9 Å². The molecule has 2 aromatic carbocycles. The third-order valence-corrected chi connectivity index (χ3v) is 5.85. The smallest absolute Gasteiger partial charge is 0.255 e. The molecule has 5 rings (SSSR count). The predicted octanol–water partition coefficient (Wildman–Crippen LogP) is 3.91. The summed E-state index contributed by atoms with van der Waals surface area (Å²) in [6, 6.07) is 13.9. The molecule has 1 aliphatic heterocycles. The Labute approximate surface area is 186 Å². The third-order valence-electron chi connectivity index (χ3n) is 5.85. The second-order valence-electron chi connectivity index (χ2n) is 8.35. The van der Waals surface area contributed by atoms with Gasteiger partial charge in [-0.25, -0.2) is 4.98 Å². The van der Waals surface area contributed by atoms with Crippen molar-refractivity contribution in [3.63, 3.8) is 0 Å². The highest BCUT2D eigenvalue weighted by Crippen LogP contribution is 2.32. The number of aromatic nitrogens is 1. The van der Waals surface area contributed by atoms with Crippen molar-refractivity contribution in [1.29, 1.82) is 0 Å². The number of hydrogen-bond donors (Lipinski definition) is 2. The number of carbonyl (C=O) groups is 2. The zero-order valence-corrected chi connectivity index (χ0v) is 17.9. The molecule has 3 aromatic rings. The van der Waals surface area contributed by atoms with Gasteiger partial charge in [0.1, 0.15) is 5.82 Å². The van der Waals surface area contributed by atoms with Gasteiger partial charge in [-0.3, -0.25) is 9.59 Å². The van der Waals surface area contributed by atoms with E-state index in [4.69, 9.17) is 9.47 Å². The zero-order chi connectivity index (χ0) is 22.1. The second kappa shape index (κ2) is 8.68. The third kappa shape index (κ3) is 4.49. The van der Waals surface area contributed by atoms with Gasteiger partial charge in [0.25, 0.3) is 5.91 Å². The van der Waals surface area contributed by atoms with Crippen LogP contribution in [0.4, 0.5) is 11.5 Å². The maximum Gasteiger partial charge on any atom is 0.255 e. The highest BCUT2D eigenvalue weighted by Gasteiger charge is 2.29. The first kappa shape index (κ1) is 20.6. The minimum Gasteiger partial charge on any atom is -0.376 e. The molecule has 1 saturated carbocycles. The molecule has 7 nitrogen and oxygen atoms in total. The fourth-order valence-corrected chi connectivity index (χ4v) is 3.82. The Morgan fingerprint density at radius 2 is 1.84 bits per heavy atom. The van der Waals surface area contributed by atoms with Crippen LogP contribution in [0, 0.1) is 12.8 Å². The van der Waals surface area contributed by atoms with Crippen LogP contribution >= 0.6 is 0 Å². The van der Waals surface area contributed by atoms with Crippen molar-refractivity contribution in [3.05, 3.63) is 54.2 Å². The molecule has 2 fully saturated rings. The average molecular weight is 431 g/mol. The Balaban J connectivity index is 1.37. The van der Waals surface area contributed by atoms with Gasteiger partial charge >= 0.3 is 0 Å². The lowest BCUT2D eigenvalue weighted by atomic mass is 9.97. The normalized spacial score (nSPS) is 18.3. The van der Waals surface area contributed by atoms with Crippen LogP contribution in [0.1, 0.15) is 18.4 Å². The number of rotatable bonds is 5. The van der Waals surface area contributed by atoms with Gasteiger partial charge in [0.05, 0.1) is 19.8 Å². The van der Waals surface area contributed by atoms with Crippen molar-refractivity contribution in [2.24, 2.45) is 5.92 Å². The van der Waals surface area contributed by atoms with Gasteiger partial charge in [-0.1, -0.05) is 18.2 Å². The van der Waals surface area contributed by atoms with Gasteiger partial charge < -0.3 is 20.1 Å². The summed E-state index contributed by atoms with van der Waals surface area (Å²) in [6.45, 7) is 3.25. The molecular weight excluding hydrogens is 406 g/mol. The number of pyridine rings is 1. The summed E-state index contributed by atoms with van der Waals surface area (Å²) in [5.74, 6) is 0.566. The fourth-order valence-electron chi connectivity index (χ4n) is 3.82. The molecule has 2 amide bonds. The highest BCUT2D eigenvalue weighted by atomic mass is 16.6. The monoisotopic (exact) mass is 431 g/mol. The van der Waals surface area contributed by atoms with Crippen LogP contribution in [0.25, 0.3) is 21.9 Å². The summed E-state index contributed by atoms with van der Waals surface area (Å²) >= 11 is 0. The topological polar surface area (TPSA) is 89.5 Å². The van der Waals surface area contributed by atoms with Crippen LogP contribution in [0.3, 0.4) is 0 Å². The Morgan fingerprint density at radius 1 is 0.969 bits per heavy atom. The molecule has 2 aliphatic rings. The molecule has 32 heavy (non-hydrogen) atoms. The van der Waals surface area contributed by atoms with Gasteiger partial charge in [-0.05, 0) is 66.1 Å². The molecule has 7 heteroatoms. The van der Waals surface area contributed by atoms with Crippen molar-refractivity contribution in [1.82, 2.24) is 4.98 Å². The van der Waals surface area contributed by atoms with Crippen molar-refractivity contribution in [3.8, 4) is 11.1 Å². The lowest BCUT2D eigenvalue weighted by Crippen LogP contribution is -2.39. The van der Waals surface area contributed by atoms with Crippen molar-refractivity contribution >= 4 is 34.1 Å². The van der Waals surface area contributed by atoms with E-state index in [1.807, 2.05) is 43.3 Å². The highest BCUT2D eigenvalue weighted by molar-refractivity contribution is 5.97. The maximum atomic E-state index is 12.5. The first-order valence-electron chi connectivity index (χ1n) is 10.9. The Kier molecular flexibility index (Phi) is 5.59. The molecule has 0 unspecified atom stereocenters. The number of amides is 2. The van der Waals surface area contributed by atoms with E-state index in [0.717, 1.165) is 40.3 Å². The summed E-state index contributed by atoms with van der Waals surface area (Å²) < 4.78 is 10.8. The second-order valence-corrected chi connectivity index (χ2v) is 8.35. The molecule has 0 radical (unpaired) electrons. The number of fused-ring (bicyclic) bond motifs is 1. The Morgan fingerprint density at radius 3 is 2.62 bits per heavy atom. The Hall–Kier alpha value is -3.29. The van der Waals surface area contributed by atoms with Crippen LogP contribution in [0.2, 0.25) is 0 Å². The molecule has 1 atom stereocenters.